The molecule has 1 heterocycles. The van der Waals surface area contributed by atoms with Crippen molar-refractivity contribution >= 4 is 0 Å². The number of aromatic nitrogens is 2. The maximum absolute atomic E-state index is 4.38. The molecule has 3 heteroatoms. The molecule has 0 aliphatic heterocycles. The highest BCUT2D eigenvalue weighted by Crippen LogP contribution is 2.18. The summed E-state index contributed by atoms with van der Waals surface area (Å²) in [5.74, 6) is 0.671. The van der Waals surface area contributed by atoms with Crippen molar-refractivity contribution in [1.29, 1.82) is 0 Å². The van der Waals surface area contributed by atoms with Crippen molar-refractivity contribution in [2.75, 3.05) is 6.54 Å². The molecule has 0 amide bonds. The first-order valence-corrected chi connectivity index (χ1v) is 6.49. The van der Waals surface area contributed by atoms with Gasteiger partial charge in [-0.05, 0) is 43.7 Å². The van der Waals surface area contributed by atoms with Crippen LogP contribution in [0.3, 0.4) is 0 Å². The molecule has 0 radical (unpaired) electrons. The van der Waals surface area contributed by atoms with E-state index in [1.54, 1.807) is 0 Å². The molecule has 0 saturated heterocycles. The minimum absolute atomic E-state index is 0.671. The summed E-state index contributed by atoms with van der Waals surface area (Å²) in [7, 11) is 0. The second-order valence-electron chi connectivity index (χ2n) is 5.30. The maximum Gasteiger partial charge on any atom is 0.0521 e. The fraction of sp³-hybridized carbons (Fsp3) is 0.769. The van der Waals surface area contributed by atoms with Gasteiger partial charge in [-0.3, -0.25) is 4.68 Å². The minimum Gasteiger partial charge on any atom is -0.314 e. The van der Waals surface area contributed by atoms with Crippen LogP contribution in [0.5, 0.6) is 0 Å². The molecule has 1 aliphatic rings. The summed E-state index contributed by atoms with van der Waals surface area (Å²) >= 11 is 0. The SMILES string of the molecule is CC(C)Cn1cc(CCCNC2CC2)cn1. The van der Waals surface area contributed by atoms with Crippen molar-refractivity contribution in [1.82, 2.24) is 15.1 Å². The molecule has 16 heavy (non-hydrogen) atoms. The Morgan fingerprint density at radius 2 is 2.31 bits per heavy atom. The van der Waals surface area contributed by atoms with Crippen LogP contribution in [-0.4, -0.2) is 22.4 Å². The van der Waals surface area contributed by atoms with Crippen LogP contribution in [0.15, 0.2) is 12.4 Å². The van der Waals surface area contributed by atoms with Crippen LogP contribution < -0.4 is 5.32 Å². The summed E-state index contributed by atoms with van der Waals surface area (Å²) < 4.78 is 2.06. The zero-order chi connectivity index (χ0) is 11.4. The Morgan fingerprint density at radius 3 is 3.00 bits per heavy atom. The van der Waals surface area contributed by atoms with E-state index in [0.717, 1.165) is 25.6 Å². The molecule has 3 nitrogen and oxygen atoms in total. The first kappa shape index (κ1) is 11.6. The van der Waals surface area contributed by atoms with Gasteiger partial charge in [0.1, 0.15) is 0 Å². The lowest BCUT2D eigenvalue weighted by Gasteiger charge is -2.03. The largest absolute Gasteiger partial charge is 0.314 e. The van der Waals surface area contributed by atoms with Gasteiger partial charge in [0.2, 0.25) is 0 Å². The van der Waals surface area contributed by atoms with Crippen LogP contribution in [0.25, 0.3) is 0 Å². The summed E-state index contributed by atoms with van der Waals surface area (Å²) in [4.78, 5) is 0. The Labute approximate surface area is 98.2 Å². The molecule has 1 aromatic rings. The summed E-state index contributed by atoms with van der Waals surface area (Å²) in [6.45, 7) is 6.63. The van der Waals surface area contributed by atoms with Gasteiger partial charge in [0.05, 0.1) is 6.20 Å². The Bertz CT molecular complexity index is 313. The first-order chi connectivity index (χ1) is 7.74. The average molecular weight is 221 g/mol. The van der Waals surface area contributed by atoms with E-state index in [-0.39, 0.29) is 0 Å². The lowest BCUT2D eigenvalue weighted by molar-refractivity contribution is 0.483. The molecule has 0 atom stereocenters. The fourth-order valence-corrected chi connectivity index (χ4v) is 1.90. The molecule has 0 bridgehead atoms. The van der Waals surface area contributed by atoms with E-state index in [2.05, 4.69) is 35.1 Å². The topological polar surface area (TPSA) is 29.9 Å². The molecule has 90 valence electrons. The fourth-order valence-electron chi connectivity index (χ4n) is 1.90. The van der Waals surface area contributed by atoms with Crippen molar-refractivity contribution in [2.24, 2.45) is 5.92 Å². The van der Waals surface area contributed by atoms with Gasteiger partial charge in [-0.2, -0.15) is 5.10 Å². The Balaban J connectivity index is 1.65. The van der Waals surface area contributed by atoms with Crippen molar-refractivity contribution < 1.29 is 0 Å². The van der Waals surface area contributed by atoms with E-state index in [1.165, 1.54) is 24.8 Å². The van der Waals surface area contributed by atoms with Gasteiger partial charge in [0.25, 0.3) is 0 Å². The minimum atomic E-state index is 0.671. The van der Waals surface area contributed by atoms with E-state index in [1.807, 2.05) is 6.20 Å². The molecular formula is C13H23N3. The van der Waals surface area contributed by atoms with E-state index >= 15 is 0 Å². The first-order valence-electron chi connectivity index (χ1n) is 6.49. The molecule has 0 aromatic carbocycles. The normalized spacial score (nSPS) is 15.9. The quantitative estimate of drug-likeness (QED) is 0.716. The number of rotatable bonds is 7. The zero-order valence-corrected chi connectivity index (χ0v) is 10.4. The molecule has 1 N–H and O–H groups in total. The van der Waals surface area contributed by atoms with Crippen molar-refractivity contribution in [3.05, 3.63) is 18.0 Å². The average Bonchev–Trinajstić information content (AvgIpc) is 2.95. The second-order valence-corrected chi connectivity index (χ2v) is 5.30. The predicted octanol–water partition coefficient (Wildman–Crippen LogP) is 2.22. The zero-order valence-electron chi connectivity index (χ0n) is 10.4. The van der Waals surface area contributed by atoms with Gasteiger partial charge in [0, 0.05) is 18.8 Å². The van der Waals surface area contributed by atoms with Gasteiger partial charge in [-0.25, -0.2) is 0 Å². The lowest BCUT2D eigenvalue weighted by Crippen LogP contribution is -2.17. The van der Waals surface area contributed by atoms with Crippen LogP contribution in [0.4, 0.5) is 0 Å². The van der Waals surface area contributed by atoms with Crippen molar-refractivity contribution in [3.8, 4) is 0 Å². The summed E-state index contributed by atoms with van der Waals surface area (Å²) in [5, 5.41) is 7.92. The van der Waals surface area contributed by atoms with Crippen molar-refractivity contribution in [3.63, 3.8) is 0 Å². The van der Waals surface area contributed by atoms with Gasteiger partial charge < -0.3 is 5.32 Å². The number of hydrogen-bond donors (Lipinski definition) is 1. The van der Waals surface area contributed by atoms with Gasteiger partial charge in [0.15, 0.2) is 0 Å². The highest BCUT2D eigenvalue weighted by molar-refractivity contribution is 5.04. The summed E-state index contributed by atoms with van der Waals surface area (Å²) in [5.41, 5.74) is 1.37. The van der Waals surface area contributed by atoms with Gasteiger partial charge in [-0.1, -0.05) is 13.8 Å². The number of aryl methyl sites for hydroxylation is 1. The van der Waals surface area contributed by atoms with Crippen LogP contribution in [0.2, 0.25) is 0 Å². The lowest BCUT2D eigenvalue weighted by atomic mass is 10.2. The highest BCUT2D eigenvalue weighted by Gasteiger charge is 2.19. The number of hydrogen-bond acceptors (Lipinski definition) is 2. The Kier molecular flexibility index (Phi) is 3.99. The van der Waals surface area contributed by atoms with E-state index in [4.69, 9.17) is 0 Å². The standard InChI is InChI=1S/C13H23N3/c1-11(2)9-16-10-12(8-15-16)4-3-7-14-13-5-6-13/h8,10-11,13-14H,3-7,9H2,1-2H3. The molecule has 1 fully saturated rings. The van der Waals surface area contributed by atoms with Crippen LogP contribution in [0.1, 0.15) is 38.7 Å². The summed E-state index contributed by atoms with van der Waals surface area (Å²) in [6.07, 6.45) is 9.34. The van der Waals surface area contributed by atoms with Gasteiger partial charge >= 0.3 is 0 Å². The molecule has 1 saturated carbocycles. The molecule has 0 spiro atoms. The molecule has 0 unspecified atom stereocenters. The Hall–Kier alpha value is -0.830. The number of nitrogens with zero attached hydrogens (tertiary/aromatic N) is 2. The smallest absolute Gasteiger partial charge is 0.0521 e. The maximum atomic E-state index is 4.38. The summed E-state index contributed by atoms with van der Waals surface area (Å²) in [6, 6.07) is 0.837. The van der Waals surface area contributed by atoms with Crippen LogP contribution >= 0.6 is 0 Å². The number of nitrogens with one attached hydrogen (secondary N) is 1. The van der Waals surface area contributed by atoms with Crippen molar-refractivity contribution in [2.45, 2.75) is 52.1 Å². The van der Waals surface area contributed by atoms with Crippen LogP contribution in [0, 0.1) is 5.92 Å². The third-order valence-corrected chi connectivity index (χ3v) is 2.89. The van der Waals surface area contributed by atoms with E-state index < -0.39 is 0 Å². The Morgan fingerprint density at radius 1 is 1.50 bits per heavy atom. The van der Waals surface area contributed by atoms with Gasteiger partial charge in [-0.15, -0.1) is 0 Å². The van der Waals surface area contributed by atoms with E-state index in [0.29, 0.717) is 5.92 Å². The predicted molar refractivity (Wildman–Crippen MR) is 66.4 cm³/mol. The monoisotopic (exact) mass is 221 g/mol. The highest BCUT2D eigenvalue weighted by atomic mass is 15.3. The third kappa shape index (κ3) is 3.97. The molecule has 1 aliphatic carbocycles. The molecule has 1 aromatic heterocycles. The molecule has 2 rings (SSSR count). The van der Waals surface area contributed by atoms with Crippen LogP contribution in [-0.2, 0) is 13.0 Å². The second kappa shape index (κ2) is 5.48. The molecular weight excluding hydrogens is 198 g/mol. The van der Waals surface area contributed by atoms with E-state index in [9.17, 15) is 0 Å². The third-order valence-electron chi connectivity index (χ3n) is 2.89.